The highest BCUT2D eigenvalue weighted by molar-refractivity contribution is 7.51. The van der Waals surface area contributed by atoms with Gasteiger partial charge in [-0.25, -0.2) is 0 Å². The molecule has 0 aliphatic heterocycles. The summed E-state index contributed by atoms with van der Waals surface area (Å²) in [5, 5.41) is 10.1. The molecule has 1 aromatic carbocycles. The number of carboxylic acid groups (broad SMARTS) is 1. The van der Waals surface area contributed by atoms with Crippen molar-refractivity contribution in [2.45, 2.75) is 47.1 Å². The number of benzene rings is 1. The first-order valence-corrected chi connectivity index (χ1v) is 12.4. The number of carbonyl (C=O) groups excluding carboxylic acids is 1. The molecule has 1 amide bonds. The van der Waals surface area contributed by atoms with Gasteiger partial charge in [0, 0.05) is 6.61 Å². The number of anilines is 1. The minimum atomic E-state index is -4.10. The summed E-state index contributed by atoms with van der Waals surface area (Å²) in [5.41, 5.74) is 8.24. The van der Waals surface area contributed by atoms with E-state index >= 15 is 0 Å². The van der Waals surface area contributed by atoms with Crippen molar-refractivity contribution in [3.8, 4) is 0 Å². The number of rotatable bonds is 10. The van der Waals surface area contributed by atoms with Crippen LogP contribution in [-0.4, -0.2) is 64.9 Å². The first-order chi connectivity index (χ1) is 14.8. The number of hydrogen-bond acceptors (Lipinski definition) is 6. The average molecular weight is 498 g/mol. The predicted octanol–water partition coefficient (Wildman–Crippen LogP) is 2.27. The zero-order valence-electron chi connectivity index (χ0n) is 19.4. The normalized spacial score (nSPS) is 10.6. The van der Waals surface area contributed by atoms with Gasteiger partial charge in [0.15, 0.2) is 0 Å². The summed E-state index contributed by atoms with van der Waals surface area (Å²) < 4.78 is 15.4. The summed E-state index contributed by atoms with van der Waals surface area (Å²) in [6.45, 7) is 10.2. The average Bonchev–Trinajstić information content (AvgIpc) is 2.67. The topological polar surface area (TPSA) is 162 Å². The highest BCUT2D eigenvalue weighted by atomic mass is 35.5. The number of nitrogens with zero attached hydrogens (tertiary/aromatic N) is 1. The second kappa shape index (κ2) is 18.0. The molecule has 0 unspecified atom stereocenters. The van der Waals surface area contributed by atoms with Gasteiger partial charge in [0.1, 0.15) is 12.6 Å². The quantitative estimate of drug-likeness (QED) is 0.185. The van der Waals surface area contributed by atoms with Crippen LogP contribution in [0.5, 0.6) is 0 Å². The van der Waals surface area contributed by atoms with Gasteiger partial charge in [-0.2, -0.15) is 0 Å². The molecule has 0 saturated carbocycles. The Hall–Kier alpha value is -1.52. The summed E-state index contributed by atoms with van der Waals surface area (Å²) in [6, 6.07) is 6.36. The molecular weight excluding hydrogens is 461 g/mol. The Morgan fingerprint density at radius 3 is 2.25 bits per heavy atom. The van der Waals surface area contributed by atoms with Crippen LogP contribution in [0.2, 0.25) is 0 Å². The van der Waals surface area contributed by atoms with E-state index in [1.165, 1.54) is 0 Å². The molecule has 0 spiro atoms. The Morgan fingerprint density at radius 2 is 1.84 bits per heavy atom. The fourth-order valence-electron chi connectivity index (χ4n) is 2.22. The molecule has 186 valence electrons. The van der Waals surface area contributed by atoms with E-state index in [0.717, 1.165) is 23.2 Å². The number of nitrogens with two attached hydrogens (primary N) is 1. The van der Waals surface area contributed by atoms with Crippen molar-refractivity contribution >= 4 is 36.8 Å². The van der Waals surface area contributed by atoms with Gasteiger partial charge in [-0.15, -0.1) is 11.6 Å². The van der Waals surface area contributed by atoms with Crippen LogP contribution in [0.15, 0.2) is 18.2 Å². The zero-order chi connectivity index (χ0) is 25.3. The number of alkyl halides is 1. The molecule has 0 aliphatic carbocycles. The lowest BCUT2D eigenvalue weighted by Crippen LogP contribution is -2.35. The zero-order valence-corrected chi connectivity index (χ0v) is 21.0. The molecule has 0 radical (unpaired) electrons. The third-order valence-electron chi connectivity index (χ3n) is 3.41. The van der Waals surface area contributed by atoms with Crippen molar-refractivity contribution in [2.75, 3.05) is 36.9 Å². The van der Waals surface area contributed by atoms with Crippen molar-refractivity contribution in [3.63, 3.8) is 0 Å². The van der Waals surface area contributed by atoms with Crippen LogP contribution in [0.3, 0.4) is 0 Å². The third-order valence-corrected chi connectivity index (χ3v) is 4.27. The number of halogens is 1. The van der Waals surface area contributed by atoms with Crippen LogP contribution in [0.4, 0.5) is 5.69 Å². The molecule has 0 fully saturated rings. The van der Waals surface area contributed by atoms with Crippen molar-refractivity contribution in [1.29, 1.82) is 0 Å². The smallest absolute Gasteiger partial charge is 0.339 e. The maximum atomic E-state index is 12.0. The lowest BCUT2D eigenvalue weighted by molar-refractivity contribution is -0.135. The van der Waals surface area contributed by atoms with Crippen LogP contribution in [0.1, 0.15) is 38.8 Å². The molecule has 0 atom stereocenters. The van der Waals surface area contributed by atoms with Crippen LogP contribution in [0, 0.1) is 6.92 Å². The van der Waals surface area contributed by atoms with E-state index in [1.54, 1.807) is 4.90 Å². The van der Waals surface area contributed by atoms with Gasteiger partial charge in [0.2, 0.25) is 5.91 Å². The highest BCUT2D eigenvalue weighted by Gasteiger charge is 2.19. The number of ether oxygens (including phenoxy) is 1. The standard InChI is InChI=1S/C14H20ClNO2.C3H8NO5P.C3H9N/c1-4-12-8-6-7-11(3)14(12)16(10-18-5-2)13(17)9-15;5-3(6)1-4-2-10(7,8)9;1-3(2)4/h6-8H,4-5,9-10H2,1-3H3;4H,1-2H2,(H,5,6)(H2,7,8,9);3H,4H2,1-2H3. The Labute approximate surface area is 195 Å². The Balaban J connectivity index is 0. The maximum Gasteiger partial charge on any atom is 0.339 e. The summed E-state index contributed by atoms with van der Waals surface area (Å²) in [5.74, 6) is -1.31. The van der Waals surface area contributed by atoms with E-state index in [0.29, 0.717) is 12.6 Å². The Morgan fingerprint density at radius 1 is 1.28 bits per heavy atom. The number of amides is 1. The minimum absolute atomic E-state index is 0.0371. The lowest BCUT2D eigenvalue weighted by atomic mass is 10.0. The second-order valence-corrected chi connectivity index (χ2v) is 8.81. The van der Waals surface area contributed by atoms with Gasteiger partial charge in [-0.3, -0.25) is 24.4 Å². The van der Waals surface area contributed by atoms with Crippen molar-refractivity contribution < 1.29 is 33.8 Å². The summed E-state index contributed by atoms with van der Waals surface area (Å²) in [6.07, 6.45) is 0.272. The molecule has 0 heterocycles. The fraction of sp³-hybridized carbons (Fsp3) is 0.600. The molecule has 32 heavy (non-hydrogen) atoms. The monoisotopic (exact) mass is 497 g/mol. The SMILES string of the molecule is CC(C)N.CCOCN(C(=O)CCl)c1c(C)cccc1CC.O=C(O)CNCP(=O)(O)O. The fourth-order valence-corrected chi connectivity index (χ4v) is 2.76. The highest BCUT2D eigenvalue weighted by Crippen LogP contribution is 2.31. The molecule has 1 aromatic rings. The largest absolute Gasteiger partial charge is 0.480 e. The summed E-state index contributed by atoms with van der Waals surface area (Å²) in [7, 11) is -4.10. The predicted molar refractivity (Wildman–Crippen MR) is 127 cm³/mol. The van der Waals surface area contributed by atoms with Gasteiger partial charge in [0.25, 0.3) is 0 Å². The second-order valence-electron chi connectivity index (χ2n) is 6.90. The van der Waals surface area contributed by atoms with Gasteiger partial charge < -0.3 is 25.4 Å². The molecule has 0 aromatic heterocycles. The van der Waals surface area contributed by atoms with E-state index in [2.05, 4.69) is 12.2 Å². The minimum Gasteiger partial charge on any atom is -0.480 e. The molecular formula is C20H37ClN3O7P. The molecule has 12 heteroatoms. The number of aliphatic carboxylic acids is 1. The van der Waals surface area contributed by atoms with Crippen LogP contribution in [-0.2, 0) is 25.3 Å². The molecule has 0 saturated heterocycles. The van der Waals surface area contributed by atoms with E-state index in [-0.39, 0.29) is 18.5 Å². The van der Waals surface area contributed by atoms with Crippen LogP contribution in [0.25, 0.3) is 0 Å². The van der Waals surface area contributed by atoms with Crippen molar-refractivity contribution in [3.05, 3.63) is 29.3 Å². The van der Waals surface area contributed by atoms with E-state index in [4.69, 9.17) is 37.0 Å². The molecule has 10 nitrogen and oxygen atoms in total. The maximum absolute atomic E-state index is 12.0. The summed E-state index contributed by atoms with van der Waals surface area (Å²) in [4.78, 5) is 39.7. The first-order valence-electron chi connectivity index (χ1n) is 10.1. The number of aryl methyl sites for hydroxylation is 2. The van der Waals surface area contributed by atoms with Gasteiger partial charge in [-0.05, 0) is 37.4 Å². The van der Waals surface area contributed by atoms with Gasteiger partial charge >= 0.3 is 13.6 Å². The lowest BCUT2D eigenvalue weighted by Gasteiger charge is -2.25. The number of carboxylic acids is 1. The van der Waals surface area contributed by atoms with Crippen molar-refractivity contribution in [2.24, 2.45) is 5.73 Å². The van der Waals surface area contributed by atoms with E-state index in [1.807, 2.05) is 45.9 Å². The van der Waals surface area contributed by atoms with Crippen LogP contribution < -0.4 is 16.0 Å². The number of carbonyl (C=O) groups is 2. The van der Waals surface area contributed by atoms with Gasteiger partial charge in [-0.1, -0.05) is 39.0 Å². The summed E-state index contributed by atoms with van der Waals surface area (Å²) >= 11 is 5.68. The van der Waals surface area contributed by atoms with E-state index in [9.17, 15) is 14.2 Å². The Kier molecular flexibility index (Phi) is 18.3. The van der Waals surface area contributed by atoms with Crippen LogP contribution >= 0.6 is 19.2 Å². The number of nitrogens with one attached hydrogen (secondary N) is 1. The molecule has 0 bridgehead atoms. The third kappa shape index (κ3) is 17.1. The van der Waals surface area contributed by atoms with E-state index < -0.39 is 26.4 Å². The number of para-hydroxylation sites is 1. The van der Waals surface area contributed by atoms with Crippen molar-refractivity contribution in [1.82, 2.24) is 5.32 Å². The first kappa shape index (κ1) is 32.7. The number of hydrogen-bond donors (Lipinski definition) is 5. The molecule has 6 N–H and O–H groups in total. The Bertz CT molecular complexity index is 726. The van der Waals surface area contributed by atoms with Gasteiger partial charge in [0.05, 0.1) is 18.5 Å². The molecule has 0 aliphatic rings. The molecule has 1 rings (SSSR count).